The number of aromatic nitrogens is 1. The van der Waals surface area contributed by atoms with Gasteiger partial charge in [-0.05, 0) is 75.1 Å². The molecule has 6 nitrogen and oxygen atoms in total. The number of amides is 1. The molecule has 0 bridgehead atoms. The lowest BCUT2D eigenvalue weighted by Gasteiger charge is -2.43. The van der Waals surface area contributed by atoms with Gasteiger partial charge in [-0.25, -0.2) is 4.98 Å². The molecule has 202 valence electrons. The quantitative estimate of drug-likeness (QED) is 0.369. The van der Waals surface area contributed by atoms with Gasteiger partial charge < -0.3 is 14.5 Å². The Labute approximate surface area is 236 Å². The van der Waals surface area contributed by atoms with Gasteiger partial charge in [-0.15, -0.1) is 0 Å². The Kier molecular flexibility index (Phi) is 8.38. The van der Waals surface area contributed by atoms with Crippen molar-refractivity contribution in [2.75, 3.05) is 31.1 Å². The number of likely N-dealkylation sites (tertiary alicyclic amines) is 1. The van der Waals surface area contributed by atoms with Crippen LogP contribution in [0.5, 0.6) is 5.75 Å². The third-order valence-corrected chi connectivity index (χ3v) is 8.52. The van der Waals surface area contributed by atoms with Gasteiger partial charge in [0.1, 0.15) is 17.6 Å². The van der Waals surface area contributed by atoms with E-state index in [0.717, 1.165) is 50.5 Å². The summed E-state index contributed by atoms with van der Waals surface area (Å²) in [5.74, 6) is 2.47. The molecule has 2 aliphatic rings. The van der Waals surface area contributed by atoms with Gasteiger partial charge in [-0.2, -0.15) is 5.26 Å². The topological polar surface area (TPSA) is 69.5 Å². The molecular weight excluding hydrogens is 508 g/mol. The highest BCUT2D eigenvalue weighted by atomic mass is 35.5. The van der Waals surface area contributed by atoms with Crippen LogP contribution in [0, 0.1) is 30.1 Å². The number of piperidine rings is 2. The summed E-state index contributed by atoms with van der Waals surface area (Å²) < 4.78 is 6.41. The van der Waals surface area contributed by atoms with E-state index in [-0.39, 0.29) is 29.8 Å². The smallest absolute Gasteiger partial charge is 0.225 e. The van der Waals surface area contributed by atoms with Crippen LogP contribution in [-0.2, 0) is 4.79 Å². The maximum Gasteiger partial charge on any atom is 0.225 e. The number of carbonyl (C=O) groups is 1. The molecule has 5 rings (SSSR count). The molecule has 39 heavy (non-hydrogen) atoms. The largest absolute Gasteiger partial charge is 0.490 e. The van der Waals surface area contributed by atoms with Gasteiger partial charge in [-0.3, -0.25) is 4.79 Å². The fourth-order valence-corrected chi connectivity index (χ4v) is 6.09. The molecule has 2 aliphatic heterocycles. The molecule has 0 radical (unpaired) electrons. The van der Waals surface area contributed by atoms with Crippen LogP contribution in [0.15, 0.2) is 66.9 Å². The molecule has 3 aromatic rings. The minimum absolute atomic E-state index is 0.00815. The van der Waals surface area contributed by atoms with E-state index in [2.05, 4.69) is 59.0 Å². The van der Waals surface area contributed by atoms with E-state index >= 15 is 0 Å². The van der Waals surface area contributed by atoms with Crippen molar-refractivity contribution in [3.05, 3.63) is 88.6 Å². The van der Waals surface area contributed by atoms with Crippen LogP contribution in [0.25, 0.3) is 0 Å². The Morgan fingerprint density at radius 3 is 2.38 bits per heavy atom. The molecule has 0 spiro atoms. The van der Waals surface area contributed by atoms with Crippen molar-refractivity contribution in [2.45, 2.75) is 45.1 Å². The monoisotopic (exact) mass is 542 g/mol. The molecule has 1 aromatic heterocycles. The first-order valence-corrected chi connectivity index (χ1v) is 14.2. The van der Waals surface area contributed by atoms with Gasteiger partial charge in [0.05, 0.1) is 11.7 Å². The van der Waals surface area contributed by atoms with Gasteiger partial charge in [0.15, 0.2) is 0 Å². The lowest BCUT2D eigenvalue weighted by molar-refractivity contribution is -0.138. The van der Waals surface area contributed by atoms with E-state index < -0.39 is 0 Å². The SMILES string of the molecule is Cc1ccc(OC(C)[C@H]2CCN(C(=O)C3CCN(c4ccc(C#N)cn4)CC3)C[C@@H]2c2ccc(Cl)cc2)cc1. The number of anilines is 1. The predicted molar refractivity (Wildman–Crippen MR) is 154 cm³/mol. The van der Waals surface area contributed by atoms with Crippen molar-refractivity contribution < 1.29 is 9.53 Å². The van der Waals surface area contributed by atoms with Gasteiger partial charge in [-0.1, -0.05) is 41.4 Å². The van der Waals surface area contributed by atoms with Crippen molar-refractivity contribution in [3.63, 3.8) is 0 Å². The molecular formula is C32H35ClN4O2. The number of nitrogens with zero attached hydrogens (tertiary/aromatic N) is 4. The number of aryl methyl sites for hydroxylation is 1. The maximum atomic E-state index is 13.7. The van der Waals surface area contributed by atoms with E-state index in [1.165, 1.54) is 11.1 Å². The summed E-state index contributed by atoms with van der Waals surface area (Å²) >= 11 is 6.21. The summed E-state index contributed by atoms with van der Waals surface area (Å²) in [6, 6.07) is 22.1. The summed E-state index contributed by atoms with van der Waals surface area (Å²) in [7, 11) is 0. The highest BCUT2D eigenvalue weighted by Crippen LogP contribution is 2.38. The van der Waals surface area contributed by atoms with E-state index in [0.29, 0.717) is 17.1 Å². The van der Waals surface area contributed by atoms with Crippen molar-refractivity contribution >= 4 is 23.3 Å². The molecule has 2 fully saturated rings. The highest BCUT2D eigenvalue weighted by molar-refractivity contribution is 6.30. The summed E-state index contributed by atoms with van der Waals surface area (Å²) in [6.45, 7) is 7.22. The van der Waals surface area contributed by atoms with Crippen molar-refractivity contribution in [1.82, 2.24) is 9.88 Å². The van der Waals surface area contributed by atoms with Gasteiger partial charge >= 0.3 is 0 Å². The summed E-state index contributed by atoms with van der Waals surface area (Å²) in [5.41, 5.74) is 2.96. The van der Waals surface area contributed by atoms with Crippen molar-refractivity contribution in [3.8, 4) is 11.8 Å². The zero-order valence-electron chi connectivity index (χ0n) is 22.6. The number of ether oxygens (including phenoxy) is 1. The number of nitriles is 1. The van der Waals surface area contributed by atoms with Crippen molar-refractivity contribution in [1.29, 1.82) is 5.26 Å². The average molecular weight is 543 g/mol. The number of carbonyl (C=O) groups excluding carboxylic acids is 1. The Bertz CT molecular complexity index is 1300. The molecule has 3 atom stereocenters. The highest BCUT2D eigenvalue weighted by Gasteiger charge is 2.38. The molecule has 1 amide bonds. The first-order valence-electron chi connectivity index (χ1n) is 13.8. The number of halogens is 1. The molecule has 3 heterocycles. The molecule has 2 aromatic carbocycles. The lowest BCUT2D eigenvalue weighted by atomic mass is 9.77. The fraction of sp³-hybridized carbons (Fsp3) is 0.406. The summed E-state index contributed by atoms with van der Waals surface area (Å²) in [4.78, 5) is 22.4. The van der Waals surface area contributed by atoms with Crippen LogP contribution < -0.4 is 9.64 Å². The number of rotatable bonds is 6. The zero-order valence-corrected chi connectivity index (χ0v) is 23.3. The second-order valence-electron chi connectivity index (χ2n) is 10.8. The van der Waals surface area contributed by atoms with E-state index in [9.17, 15) is 4.79 Å². The Hall–Kier alpha value is -3.56. The Balaban J connectivity index is 1.25. The summed E-state index contributed by atoms with van der Waals surface area (Å²) in [5, 5.41) is 9.74. The normalized spacial score (nSPS) is 20.8. The number of pyridine rings is 1. The van der Waals surface area contributed by atoms with Crippen molar-refractivity contribution in [2.24, 2.45) is 11.8 Å². The fourth-order valence-electron chi connectivity index (χ4n) is 5.97. The second kappa shape index (κ2) is 12.1. The molecule has 0 saturated carbocycles. The number of hydrogen-bond donors (Lipinski definition) is 0. The lowest BCUT2D eigenvalue weighted by Crippen LogP contribution is -2.49. The molecule has 0 aliphatic carbocycles. The van der Waals surface area contributed by atoms with Crippen LogP contribution in [0.3, 0.4) is 0 Å². The average Bonchev–Trinajstić information content (AvgIpc) is 2.98. The van der Waals surface area contributed by atoms with Crippen LogP contribution in [-0.4, -0.2) is 48.1 Å². The Morgan fingerprint density at radius 1 is 1.03 bits per heavy atom. The van der Waals surface area contributed by atoms with Gasteiger partial charge in [0.2, 0.25) is 5.91 Å². The van der Waals surface area contributed by atoms with Gasteiger partial charge in [0, 0.05) is 55.2 Å². The number of hydrogen-bond acceptors (Lipinski definition) is 5. The van der Waals surface area contributed by atoms with Crippen LogP contribution in [0.2, 0.25) is 5.02 Å². The van der Waals surface area contributed by atoms with Crippen LogP contribution in [0.1, 0.15) is 48.8 Å². The van der Waals surface area contributed by atoms with E-state index in [4.69, 9.17) is 21.6 Å². The van der Waals surface area contributed by atoms with Crippen LogP contribution in [0.4, 0.5) is 5.82 Å². The van der Waals surface area contributed by atoms with Crippen LogP contribution >= 0.6 is 11.6 Å². The minimum atomic E-state index is 0.00815. The standard InChI is InChI=1S/C32H35ClN4O2/c1-22-3-10-28(11-4-22)39-23(2)29-15-18-37(21-30(29)25-6-8-27(33)9-7-25)32(38)26-13-16-36(17-14-26)31-12-5-24(19-34)20-35-31/h3-12,20,23,26,29-30H,13-18,21H2,1-2H3/t23?,29-,30-/m1/s1. The molecule has 7 heteroatoms. The first-order chi connectivity index (χ1) is 18.9. The minimum Gasteiger partial charge on any atom is -0.490 e. The predicted octanol–water partition coefficient (Wildman–Crippen LogP) is 6.23. The summed E-state index contributed by atoms with van der Waals surface area (Å²) in [6.07, 6.45) is 4.11. The first kappa shape index (κ1) is 27.0. The molecule has 2 saturated heterocycles. The zero-order chi connectivity index (χ0) is 27.4. The van der Waals surface area contributed by atoms with Gasteiger partial charge in [0.25, 0.3) is 0 Å². The number of benzene rings is 2. The van der Waals surface area contributed by atoms with E-state index in [1.807, 2.05) is 30.3 Å². The molecule has 1 unspecified atom stereocenters. The third-order valence-electron chi connectivity index (χ3n) is 8.27. The molecule has 0 N–H and O–H groups in total. The second-order valence-corrected chi connectivity index (χ2v) is 11.2. The van der Waals surface area contributed by atoms with E-state index in [1.54, 1.807) is 12.3 Å². The maximum absolute atomic E-state index is 13.7. The Morgan fingerprint density at radius 2 is 1.74 bits per heavy atom. The third kappa shape index (κ3) is 6.37.